The Morgan fingerprint density at radius 3 is 2.74 bits per heavy atom. The average Bonchev–Trinajstić information content (AvgIpc) is 2.82. The number of rotatable bonds is 4. The first-order valence-electron chi connectivity index (χ1n) is 5.30. The summed E-state index contributed by atoms with van der Waals surface area (Å²) in [6, 6.07) is 5.55. The van der Waals surface area contributed by atoms with E-state index in [1.165, 1.54) is 29.7 Å². The summed E-state index contributed by atoms with van der Waals surface area (Å²) < 4.78 is 44.2. The van der Waals surface area contributed by atoms with E-state index in [0.29, 0.717) is 5.56 Å². The van der Waals surface area contributed by atoms with E-state index in [1.807, 2.05) is 0 Å². The molecule has 1 aromatic carbocycles. The lowest BCUT2D eigenvalue weighted by atomic mass is 10.1. The molecule has 0 aliphatic carbocycles. The van der Waals surface area contributed by atoms with Crippen molar-refractivity contribution >= 4 is 11.5 Å². The number of nitrogens with zero attached hydrogens (tertiary/aromatic N) is 2. The van der Waals surface area contributed by atoms with Gasteiger partial charge in [-0.2, -0.15) is 0 Å². The van der Waals surface area contributed by atoms with Crippen molar-refractivity contribution in [3.63, 3.8) is 0 Å². The van der Waals surface area contributed by atoms with Gasteiger partial charge in [0.25, 0.3) is 0 Å². The third-order valence-corrected chi connectivity index (χ3v) is 3.10. The zero-order valence-electron chi connectivity index (χ0n) is 9.81. The Labute approximate surface area is 111 Å². The van der Waals surface area contributed by atoms with Crippen molar-refractivity contribution in [3.8, 4) is 5.75 Å². The van der Waals surface area contributed by atoms with Crippen LogP contribution in [0.5, 0.6) is 5.75 Å². The topological polar surface area (TPSA) is 47.0 Å². The zero-order valence-corrected chi connectivity index (χ0v) is 10.6. The SMILES string of the molecule is CNC(c1cccc(OC(F)(F)F)c1)c1cnns1. The molecule has 1 N–H and O–H groups in total. The van der Waals surface area contributed by atoms with E-state index in [0.717, 1.165) is 4.88 Å². The summed E-state index contributed by atoms with van der Waals surface area (Å²) >= 11 is 1.18. The van der Waals surface area contributed by atoms with Gasteiger partial charge in [0.15, 0.2) is 0 Å². The largest absolute Gasteiger partial charge is 0.573 e. The first-order chi connectivity index (χ1) is 8.99. The molecule has 1 aromatic heterocycles. The maximum atomic E-state index is 12.2. The minimum absolute atomic E-state index is 0.247. The highest BCUT2D eigenvalue weighted by Crippen LogP contribution is 2.28. The van der Waals surface area contributed by atoms with Crippen LogP contribution in [0.4, 0.5) is 13.2 Å². The Kier molecular flexibility index (Phi) is 4.01. The molecule has 2 rings (SSSR count). The van der Waals surface area contributed by atoms with Crippen LogP contribution < -0.4 is 10.1 Å². The monoisotopic (exact) mass is 289 g/mol. The van der Waals surface area contributed by atoms with Gasteiger partial charge in [-0.1, -0.05) is 16.6 Å². The van der Waals surface area contributed by atoms with Crippen LogP contribution in [0.1, 0.15) is 16.5 Å². The van der Waals surface area contributed by atoms with Crippen LogP contribution in [0.3, 0.4) is 0 Å². The van der Waals surface area contributed by atoms with Crippen molar-refractivity contribution in [1.29, 1.82) is 0 Å². The summed E-state index contributed by atoms with van der Waals surface area (Å²) in [7, 11) is 1.71. The van der Waals surface area contributed by atoms with Gasteiger partial charge in [0, 0.05) is 0 Å². The van der Waals surface area contributed by atoms with Gasteiger partial charge in [-0.3, -0.25) is 0 Å². The summed E-state index contributed by atoms with van der Waals surface area (Å²) in [5.41, 5.74) is 0.648. The van der Waals surface area contributed by atoms with E-state index in [9.17, 15) is 13.2 Å². The van der Waals surface area contributed by atoms with E-state index in [2.05, 4.69) is 19.6 Å². The molecule has 2 aromatic rings. The van der Waals surface area contributed by atoms with Crippen molar-refractivity contribution in [3.05, 3.63) is 40.9 Å². The second-order valence-electron chi connectivity index (χ2n) is 3.66. The smallest absolute Gasteiger partial charge is 0.406 e. The van der Waals surface area contributed by atoms with Gasteiger partial charge in [0.05, 0.1) is 17.1 Å². The third-order valence-electron chi connectivity index (χ3n) is 2.38. The number of aromatic nitrogens is 2. The Morgan fingerprint density at radius 2 is 2.16 bits per heavy atom. The Balaban J connectivity index is 2.27. The standard InChI is InChI=1S/C11H10F3N3OS/c1-15-10(9-6-16-17-19-9)7-3-2-4-8(5-7)18-11(12,13)14/h2-6,10,15H,1H3. The van der Waals surface area contributed by atoms with Crippen LogP contribution >= 0.6 is 11.5 Å². The maximum Gasteiger partial charge on any atom is 0.573 e. The highest BCUT2D eigenvalue weighted by Gasteiger charge is 2.31. The lowest BCUT2D eigenvalue weighted by molar-refractivity contribution is -0.274. The molecule has 102 valence electrons. The molecule has 0 radical (unpaired) electrons. The molecule has 4 nitrogen and oxygen atoms in total. The highest BCUT2D eigenvalue weighted by atomic mass is 32.1. The van der Waals surface area contributed by atoms with E-state index in [4.69, 9.17) is 0 Å². The lowest BCUT2D eigenvalue weighted by Gasteiger charge is -2.16. The summed E-state index contributed by atoms with van der Waals surface area (Å²) in [6.07, 6.45) is -3.12. The Hall–Kier alpha value is -1.67. The molecule has 0 amide bonds. The molecule has 1 atom stereocenters. The third kappa shape index (κ3) is 3.65. The molecule has 1 unspecified atom stereocenters. The van der Waals surface area contributed by atoms with Crippen LogP contribution in [0, 0.1) is 0 Å². The molecule has 0 fully saturated rings. The molecule has 0 aliphatic heterocycles. The van der Waals surface area contributed by atoms with Gasteiger partial charge in [-0.25, -0.2) is 0 Å². The first kappa shape index (κ1) is 13.8. The predicted octanol–water partition coefficient (Wildman–Crippen LogP) is 2.75. The van der Waals surface area contributed by atoms with E-state index < -0.39 is 6.36 Å². The van der Waals surface area contributed by atoms with Gasteiger partial charge in [-0.05, 0) is 36.3 Å². The fourth-order valence-electron chi connectivity index (χ4n) is 1.67. The van der Waals surface area contributed by atoms with E-state index in [-0.39, 0.29) is 11.8 Å². The molecular weight excluding hydrogens is 279 g/mol. The summed E-state index contributed by atoms with van der Waals surface area (Å²) in [5, 5.41) is 6.72. The fraction of sp³-hybridized carbons (Fsp3) is 0.273. The normalized spacial score (nSPS) is 13.3. The zero-order chi connectivity index (χ0) is 13.9. The van der Waals surface area contributed by atoms with Crippen LogP contribution in [-0.4, -0.2) is 23.0 Å². The summed E-state index contributed by atoms with van der Waals surface area (Å²) in [5.74, 6) is -0.247. The van der Waals surface area contributed by atoms with Gasteiger partial charge in [-0.15, -0.1) is 18.3 Å². The summed E-state index contributed by atoms with van der Waals surface area (Å²) in [6.45, 7) is 0. The number of ether oxygens (including phenoxy) is 1. The number of alkyl halides is 3. The Morgan fingerprint density at radius 1 is 1.37 bits per heavy atom. The van der Waals surface area contributed by atoms with Gasteiger partial charge < -0.3 is 10.1 Å². The van der Waals surface area contributed by atoms with Crippen molar-refractivity contribution in [2.24, 2.45) is 0 Å². The molecule has 0 aliphatic rings. The molecule has 0 saturated carbocycles. The minimum Gasteiger partial charge on any atom is -0.406 e. The van der Waals surface area contributed by atoms with E-state index in [1.54, 1.807) is 19.3 Å². The predicted molar refractivity (Wildman–Crippen MR) is 63.9 cm³/mol. The number of hydrogen-bond donors (Lipinski definition) is 1. The molecule has 0 saturated heterocycles. The number of halogens is 3. The molecule has 1 heterocycles. The summed E-state index contributed by atoms with van der Waals surface area (Å²) in [4.78, 5) is 0.812. The number of nitrogens with one attached hydrogen (secondary N) is 1. The van der Waals surface area contributed by atoms with Gasteiger partial charge in [0.2, 0.25) is 0 Å². The second kappa shape index (κ2) is 5.54. The maximum absolute atomic E-state index is 12.2. The van der Waals surface area contributed by atoms with Crippen LogP contribution in [0.15, 0.2) is 30.5 Å². The molecule has 19 heavy (non-hydrogen) atoms. The lowest BCUT2D eigenvalue weighted by Crippen LogP contribution is -2.19. The Bertz CT molecular complexity index is 530. The van der Waals surface area contributed by atoms with Gasteiger partial charge >= 0.3 is 6.36 Å². The minimum atomic E-state index is -4.69. The molecule has 0 spiro atoms. The molecule has 0 bridgehead atoms. The van der Waals surface area contributed by atoms with Crippen LogP contribution in [0.25, 0.3) is 0 Å². The molecule has 8 heteroatoms. The number of hydrogen-bond acceptors (Lipinski definition) is 5. The number of benzene rings is 1. The van der Waals surface area contributed by atoms with Crippen molar-refractivity contribution in [2.45, 2.75) is 12.4 Å². The fourth-order valence-corrected chi connectivity index (χ4v) is 2.31. The van der Waals surface area contributed by atoms with Crippen LogP contribution in [-0.2, 0) is 0 Å². The highest BCUT2D eigenvalue weighted by molar-refractivity contribution is 7.05. The van der Waals surface area contributed by atoms with Crippen LogP contribution in [0.2, 0.25) is 0 Å². The van der Waals surface area contributed by atoms with Crippen molar-refractivity contribution in [2.75, 3.05) is 7.05 Å². The molecular formula is C11H10F3N3OS. The van der Waals surface area contributed by atoms with E-state index >= 15 is 0 Å². The van der Waals surface area contributed by atoms with Crippen molar-refractivity contribution < 1.29 is 17.9 Å². The van der Waals surface area contributed by atoms with Crippen molar-refractivity contribution in [1.82, 2.24) is 14.9 Å². The second-order valence-corrected chi connectivity index (χ2v) is 4.48. The quantitative estimate of drug-likeness (QED) is 0.940. The first-order valence-corrected chi connectivity index (χ1v) is 6.07. The average molecular weight is 289 g/mol. The van der Waals surface area contributed by atoms with Gasteiger partial charge in [0.1, 0.15) is 5.75 Å².